The Morgan fingerprint density at radius 2 is 1.75 bits per heavy atom. The fourth-order valence-electron chi connectivity index (χ4n) is 0.808. The van der Waals surface area contributed by atoms with Crippen LogP contribution < -0.4 is 0 Å². The smallest absolute Gasteiger partial charge is 0.0860 e. The molecule has 0 aliphatic carbocycles. The molecular weight excluding hydrogens is 223 g/mol. The predicted octanol–water partition coefficient (Wildman–Crippen LogP) is 3.35. The maximum absolute atomic E-state index is 10.6. The van der Waals surface area contributed by atoms with Crippen molar-refractivity contribution in [3.8, 4) is 0 Å². The number of hydrogen-bond acceptors (Lipinski definition) is 3. The molecule has 16 heavy (non-hydrogen) atoms. The van der Waals surface area contributed by atoms with Crippen LogP contribution in [-0.4, -0.2) is 31.4 Å². The summed E-state index contributed by atoms with van der Waals surface area (Å²) in [5.41, 5.74) is 1.18. The van der Waals surface area contributed by atoms with E-state index in [-0.39, 0.29) is 0 Å². The fraction of sp³-hybridized carbons (Fsp3) is 0.500. The van der Waals surface area contributed by atoms with Gasteiger partial charge in [-0.3, -0.25) is 5.26 Å². The zero-order valence-corrected chi connectivity index (χ0v) is 11.1. The highest BCUT2D eigenvalue weighted by molar-refractivity contribution is 7.62. The molecule has 0 radical (unpaired) electrons. The van der Waals surface area contributed by atoms with Crippen LogP contribution in [0, 0.1) is 0 Å². The number of rotatable bonds is 4. The van der Waals surface area contributed by atoms with Crippen molar-refractivity contribution in [1.82, 2.24) is 0 Å². The van der Waals surface area contributed by atoms with Gasteiger partial charge in [-0.15, -0.1) is 0 Å². The molecule has 0 saturated carbocycles. The van der Waals surface area contributed by atoms with E-state index in [0.29, 0.717) is 6.61 Å². The monoisotopic (exact) mass is 244 g/mol. The minimum Gasteiger partial charge on any atom is -0.324 e. The van der Waals surface area contributed by atoms with E-state index in [4.69, 9.17) is 5.26 Å². The summed E-state index contributed by atoms with van der Waals surface area (Å²) in [6.07, 6.45) is 1.59. The molecular formula is C12H21O3P. The van der Waals surface area contributed by atoms with E-state index in [9.17, 15) is 4.57 Å². The average Bonchev–Trinajstić information content (AvgIpc) is 2.28. The topological polar surface area (TPSA) is 46.5 Å². The van der Waals surface area contributed by atoms with E-state index in [0.717, 1.165) is 12.6 Å². The Morgan fingerprint density at radius 3 is 2.12 bits per heavy atom. The molecule has 92 valence electrons. The second kappa shape index (κ2) is 8.51. The molecule has 0 bridgehead atoms. The van der Waals surface area contributed by atoms with Crippen LogP contribution in [0.2, 0.25) is 0 Å². The van der Waals surface area contributed by atoms with Crippen molar-refractivity contribution in [2.45, 2.75) is 13.3 Å². The molecule has 0 unspecified atom stereocenters. The Hall–Kier alpha value is -0.630. The summed E-state index contributed by atoms with van der Waals surface area (Å²) in [6.45, 7) is 5.91. The molecule has 0 spiro atoms. The van der Waals surface area contributed by atoms with E-state index in [1.807, 2.05) is 37.3 Å². The van der Waals surface area contributed by atoms with Crippen molar-refractivity contribution in [1.29, 1.82) is 0 Å². The van der Waals surface area contributed by atoms with E-state index in [2.05, 4.69) is 4.89 Å². The van der Waals surface area contributed by atoms with Crippen molar-refractivity contribution in [3.63, 3.8) is 0 Å². The molecule has 1 aromatic rings. The van der Waals surface area contributed by atoms with Crippen molar-refractivity contribution >= 4 is 7.14 Å². The zero-order valence-electron chi connectivity index (χ0n) is 10.2. The van der Waals surface area contributed by atoms with E-state index >= 15 is 0 Å². The molecule has 4 heteroatoms. The van der Waals surface area contributed by atoms with Gasteiger partial charge in [-0.2, -0.15) is 0 Å². The van der Waals surface area contributed by atoms with Crippen LogP contribution >= 0.6 is 7.14 Å². The summed E-state index contributed by atoms with van der Waals surface area (Å²) in [5, 5.41) is 8.03. The quantitative estimate of drug-likeness (QED) is 0.502. The van der Waals surface area contributed by atoms with Crippen molar-refractivity contribution in [2.75, 3.05) is 26.1 Å². The summed E-state index contributed by atoms with van der Waals surface area (Å²) in [4.78, 5) is 3.95. The Morgan fingerprint density at radius 1 is 1.25 bits per heavy atom. The van der Waals surface area contributed by atoms with Gasteiger partial charge < -0.3 is 4.57 Å². The van der Waals surface area contributed by atoms with Gasteiger partial charge in [0.2, 0.25) is 0 Å². The highest BCUT2D eigenvalue weighted by Crippen LogP contribution is 2.34. The van der Waals surface area contributed by atoms with E-state index < -0.39 is 7.14 Å². The van der Waals surface area contributed by atoms with Crippen molar-refractivity contribution in [2.24, 2.45) is 0 Å². The first-order valence-corrected chi connectivity index (χ1v) is 8.12. The van der Waals surface area contributed by atoms with Gasteiger partial charge in [0.1, 0.15) is 0 Å². The van der Waals surface area contributed by atoms with Gasteiger partial charge in [-0.1, -0.05) is 37.3 Å². The lowest BCUT2D eigenvalue weighted by atomic mass is 10.2. The van der Waals surface area contributed by atoms with Crippen LogP contribution in [-0.2, 0) is 15.9 Å². The van der Waals surface area contributed by atoms with Crippen LogP contribution in [0.5, 0.6) is 0 Å². The summed E-state index contributed by atoms with van der Waals surface area (Å²) in [7, 11) is -1.65. The van der Waals surface area contributed by atoms with Gasteiger partial charge in [0.25, 0.3) is 0 Å². The van der Waals surface area contributed by atoms with Gasteiger partial charge in [-0.05, 0) is 31.5 Å². The van der Waals surface area contributed by atoms with Crippen LogP contribution in [0.15, 0.2) is 30.3 Å². The summed E-state index contributed by atoms with van der Waals surface area (Å²) < 4.78 is 10.6. The molecule has 0 amide bonds. The third kappa shape index (κ3) is 9.91. The van der Waals surface area contributed by atoms with Gasteiger partial charge >= 0.3 is 0 Å². The first kappa shape index (κ1) is 15.4. The molecule has 0 aromatic heterocycles. The standard InChI is InChI=1S/C8H10O2.C4H11OP/c9-10-7-6-8-4-2-1-3-5-8;1-4-6(2,3)5/h1-5,9H,6-7H2;4H2,1-3H3. The molecule has 0 aliphatic heterocycles. The first-order chi connectivity index (χ1) is 7.49. The van der Waals surface area contributed by atoms with Crippen molar-refractivity contribution in [3.05, 3.63) is 35.9 Å². The summed E-state index contributed by atoms with van der Waals surface area (Å²) in [6, 6.07) is 9.89. The highest BCUT2D eigenvalue weighted by atomic mass is 31.2. The molecule has 3 nitrogen and oxygen atoms in total. The molecule has 0 aliphatic rings. The summed E-state index contributed by atoms with van der Waals surface area (Å²) in [5.74, 6) is 0. The maximum Gasteiger partial charge on any atom is 0.0860 e. The second-order valence-corrected chi connectivity index (χ2v) is 7.74. The highest BCUT2D eigenvalue weighted by Gasteiger charge is 1.98. The minimum atomic E-state index is -1.65. The fourth-order valence-corrected chi connectivity index (χ4v) is 0.808. The molecule has 1 aromatic carbocycles. The van der Waals surface area contributed by atoms with E-state index in [1.54, 1.807) is 13.3 Å². The van der Waals surface area contributed by atoms with Gasteiger partial charge in [0, 0.05) is 0 Å². The minimum absolute atomic E-state index is 0.365. The number of benzene rings is 1. The SMILES string of the molecule is CCP(C)(C)=O.OOCCc1ccccc1. The lowest BCUT2D eigenvalue weighted by molar-refractivity contribution is -0.241. The average molecular weight is 244 g/mol. The van der Waals surface area contributed by atoms with Crippen LogP contribution in [0.3, 0.4) is 0 Å². The summed E-state index contributed by atoms with van der Waals surface area (Å²) >= 11 is 0. The molecule has 1 N–H and O–H groups in total. The van der Waals surface area contributed by atoms with Crippen LogP contribution in [0.25, 0.3) is 0 Å². The van der Waals surface area contributed by atoms with Gasteiger partial charge in [0.05, 0.1) is 13.7 Å². The molecule has 0 heterocycles. The molecule has 1 rings (SSSR count). The van der Waals surface area contributed by atoms with Gasteiger partial charge in [0.15, 0.2) is 0 Å². The Kier molecular flexibility index (Phi) is 8.18. The molecule has 0 saturated heterocycles. The lowest BCUT2D eigenvalue weighted by Gasteiger charge is -1.96. The van der Waals surface area contributed by atoms with Gasteiger partial charge in [-0.25, -0.2) is 4.89 Å². The largest absolute Gasteiger partial charge is 0.324 e. The predicted molar refractivity (Wildman–Crippen MR) is 68.7 cm³/mol. The molecule has 0 atom stereocenters. The Labute approximate surface area is 97.8 Å². The van der Waals surface area contributed by atoms with Crippen molar-refractivity contribution < 1.29 is 14.7 Å². The third-order valence-corrected chi connectivity index (χ3v) is 3.61. The van der Waals surface area contributed by atoms with Crippen LogP contribution in [0.4, 0.5) is 0 Å². The Bertz CT molecular complexity index is 305. The zero-order chi connectivity index (χ0) is 12.4. The lowest BCUT2D eigenvalue weighted by Crippen LogP contribution is -1.93. The normalized spacial score (nSPS) is 10.5. The maximum atomic E-state index is 10.6. The first-order valence-electron chi connectivity index (χ1n) is 5.34. The third-order valence-electron chi connectivity index (χ3n) is 2.09. The number of hydrogen-bond donors (Lipinski definition) is 1. The van der Waals surface area contributed by atoms with E-state index in [1.165, 1.54) is 5.56 Å². The second-order valence-electron chi connectivity index (χ2n) is 3.96. The van der Waals surface area contributed by atoms with Crippen LogP contribution in [0.1, 0.15) is 12.5 Å². The molecule has 0 fully saturated rings. The Balaban J connectivity index is 0.000000325.